The van der Waals surface area contributed by atoms with E-state index in [4.69, 9.17) is 24.4 Å². The van der Waals surface area contributed by atoms with Crippen molar-refractivity contribution in [2.75, 3.05) is 11.5 Å². The van der Waals surface area contributed by atoms with Gasteiger partial charge < -0.3 is 0 Å². The normalized spacial score (nSPS) is 31.5. The molecule has 2 saturated heterocycles. The second-order valence-electron chi connectivity index (χ2n) is 3.53. The van der Waals surface area contributed by atoms with Gasteiger partial charge in [0, 0.05) is 22.0 Å². The Balaban J connectivity index is 1.59. The van der Waals surface area contributed by atoms with Gasteiger partial charge in [-0.05, 0) is 12.8 Å². The third-order valence-electron chi connectivity index (χ3n) is 2.35. The molecule has 0 bridgehead atoms. The van der Waals surface area contributed by atoms with Crippen LogP contribution in [0.4, 0.5) is 0 Å². The van der Waals surface area contributed by atoms with Crippen molar-refractivity contribution in [1.29, 1.82) is 0 Å². The molecule has 84 valence electrons. The van der Waals surface area contributed by atoms with E-state index in [1.807, 2.05) is 47.0 Å². The third-order valence-corrected chi connectivity index (χ3v) is 8.81. The standard InChI is InChI=1S/C9H12S6/c10-8-12-4-6(14-8)2-1-3-7-5-13-9(11)15-7/h6-7H,1-5H2. The second kappa shape index (κ2) is 6.50. The number of hydrogen-bond acceptors (Lipinski definition) is 6. The topological polar surface area (TPSA) is 0 Å². The van der Waals surface area contributed by atoms with Crippen molar-refractivity contribution < 1.29 is 0 Å². The summed E-state index contributed by atoms with van der Waals surface area (Å²) in [5.74, 6) is 2.46. The van der Waals surface area contributed by atoms with Crippen molar-refractivity contribution in [2.24, 2.45) is 0 Å². The molecule has 0 radical (unpaired) electrons. The van der Waals surface area contributed by atoms with Gasteiger partial charge in [0.1, 0.15) is 7.06 Å². The number of rotatable bonds is 4. The molecule has 0 aromatic rings. The Kier molecular flexibility index (Phi) is 5.64. The predicted octanol–water partition coefficient (Wildman–Crippen LogP) is 4.42. The SMILES string of the molecule is S=C1SCC(CCCC2CSC(=S)S2)S1. The van der Waals surface area contributed by atoms with Gasteiger partial charge in [-0.25, -0.2) is 0 Å². The highest BCUT2D eigenvalue weighted by molar-refractivity contribution is 8.50. The predicted molar refractivity (Wildman–Crippen MR) is 86.7 cm³/mol. The molecular formula is C9H12S6. The third kappa shape index (κ3) is 4.39. The summed E-state index contributed by atoms with van der Waals surface area (Å²) in [6, 6.07) is 0. The molecular weight excluding hydrogens is 301 g/mol. The van der Waals surface area contributed by atoms with Crippen LogP contribution in [0.5, 0.6) is 0 Å². The zero-order valence-electron chi connectivity index (χ0n) is 8.14. The van der Waals surface area contributed by atoms with Crippen LogP contribution in [0.1, 0.15) is 19.3 Å². The first-order valence-corrected chi connectivity index (χ1v) is 9.45. The van der Waals surface area contributed by atoms with E-state index in [0.717, 1.165) is 17.6 Å². The first kappa shape index (κ1) is 13.0. The van der Waals surface area contributed by atoms with E-state index in [2.05, 4.69) is 0 Å². The van der Waals surface area contributed by atoms with E-state index in [1.165, 1.54) is 30.8 Å². The minimum Gasteiger partial charge on any atom is -0.107 e. The summed E-state index contributed by atoms with van der Waals surface area (Å²) in [7, 11) is 0. The highest BCUT2D eigenvalue weighted by atomic mass is 32.2. The van der Waals surface area contributed by atoms with Crippen LogP contribution in [-0.2, 0) is 0 Å². The molecule has 2 fully saturated rings. The molecule has 2 aliphatic rings. The summed E-state index contributed by atoms with van der Waals surface area (Å²) in [5.41, 5.74) is 0. The zero-order valence-corrected chi connectivity index (χ0v) is 13.0. The Morgan fingerprint density at radius 2 is 1.40 bits per heavy atom. The van der Waals surface area contributed by atoms with Gasteiger partial charge >= 0.3 is 0 Å². The van der Waals surface area contributed by atoms with Gasteiger partial charge in [-0.1, -0.05) is 30.9 Å². The average molecular weight is 313 g/mol. The monoisotopic (exact) mass is 312 g/mol. The molecule has 2 aliphatic heterocycles. The molecule has 0 spiro atoms. The lowest BCUT2D eigenvalue weighted by molar-refractivity contribution is 0.683. The average Bonchev–Trinajstić information content (AvgIpc) is 2.76. The van der Waals surface area contributed by atoms with Crippen molar-refractivity contribution in [3.63, 3.8) is 0 Å². The molecule has 0 aromatic carbocycles. The first-order valence-electron chi connectivity index (χ1n) is 4.91. The lowest BCUT2D eigenvalue weighted by Crippen LogP contribution is -2.05. The van der Waals surface area contributed by atoms with Gasteiger partial charge in [-0.2, -0.15) is 0 Å². The van der Waals surface area contributed by atoms with Gasteiger partial charge in [-0.3, -0.25) is 0 Å². The Hall–Kier alpha value is 1.58. The van der Waals surface area contributed by atoms with Gasteiger partial charge in [0.25, 0.3) is 0 Å². The smallest absolute Gasteiger partial charge is 0.104 e. The maximum Gasteiger partial charge on any atom is 0.104 e. The highest BCUT2D eigenvalue weighted by Gasteiger charge is 2.23. The minimum absolute atomic E-state index is 0.786. The van der Waals surface area contributed by atoms with Gasteiger partial charge in [0.15, 0.2) is 0 Å². The number of thiocarbonyl (C=S) groups is 2. The molecule has 15 heavy (non-hydrogen) atoms. The molecule has 0 aromatic heterocycles. The second-order valence-corrected chi connectivity index (χ2v) is 10.6. The molecule has 2 rings (SSSR count). The lowest BCUT2D eigenvalue weighted by Gasteiger charge is -2.09. The molecule has 2 atom stereocenters. The summed E-state index contributed by atoms with van der Waals surface area (Å²) in [6.07, 6.45) is 3.99. The van der Waals surface area contributed by atoms with Crippen LogP contribution >= 0.6 is 71.5 Å². The Bertz CT molecular complexity index is 237. The van der Waals surface area contributed by atoms with Crippen molar-refractivity contribution >= 4 is 78.5 Å². The molecule has 0 nitrogen and oxygen atoms in total. The van der Waals surface area contributed by atoms with Crippen molar-refractivity contribution in [3.05, 3.63) is 0 Å². The van der Waals surface area contributed by atoms with Crippen molar-refractivity contribution in [2.45, 2.75) is 29.8 Å². The first-order chi connectivity index (χ1) is 7.24. The highest BCUT2D eigenvalue weighted by Crippen LogP contribution is 2.38. The molecule has 2 heterocycles. The van der Waals surface area contributed by atoms with E-state index < -0.39 is 0 Å². The van der Waals surface area contributed by atoms with E-state index in [-0.39, 0.29) is 0 Å². The number of hydrogen-bond donors (Lipinski definition) is 0. The molecule has 0 aliphatic carbocycles. The Morgan fingerprint density at radius 3 is 1.73 bits per heavy atom. The van der Waals surface area contributed by atoms with Crippen molar-refractivity contribution in [1.82, 2.24) is 0 Å². The Morgan fingerprint density at radius 1 is 0.933 bits per heavy atom. The maximum absolute atomic E-state index is 5.17. The van der Waals surface area contributed by atoms with Crippen LogP contribution < -0.4 is 0 Å². The van der Waals surface area contributed by atoms with E-state index in [0.29, 0.717) is 0 Å². The minimum atomic E-state index is 0.786. The van der Waals surface area contributed by atoms with Crippen LogP contribution in [-0.4, -0.2) is 29.1 Å². The fourth-order valence-electron chi connectivity index (χ4n) is 1.59. The van der Waals surface area contributed by atoms with Gasteiger partial charge in [0.05, 0.1) is 0 Å². The maximum atomic E-state index is 5.17. The molecule has 0 amide bonds. The van der Waals surface area contributed by atoms with E-state index >= 15 is 0 Å². The molecule has 2 unspecified atom stereocenters. The quantitative estimate of drug-likeness (QED) is 0.700. The zero-order chi connectivity index (χ0) is 10.7. The van der Waals surface area contributed by atoms with Crippen LogP contribution in [0.25, 0.3) is 0 Å². The lowest BCUT2D eigenvalue weighted by atomic mass is 10.1. The number of thioether (sulfide) groups is 4. The summed E-state index contributed by atoms with van der Waals surface area (Å²) < 4.78 is 2.29. The van der Waals surface area contributed by atoms with E-state index in [1.54, 1.807) is 0 Å². The van der Waals surface area contributed by atoms with Crippen LogP contribution in [0, 0.1) is 0 Å². The fraction of sp³-hybridized carbons (Fsp3) is 0.778. The molecule has 0 N–H and O–H groups in total. The van der Waals surface area contributed by atoms with Crippen LogP contribution in [0.15, 0.2) is 0 Å². The summed E-state index contributed by atoms with van der Waals surface area (Å²) in [6.45, 7) is 0. The fourth-order valence-corrected chi connectivity index (χ4v) is 7.62. The van der Waals surface area contributed by atoms with Gasteiger partial charge in [-0.15, -0.1) is 47.0 Å². The Labute approximate surface area is 119 Å². The van der Waals surface area contributed by atoms with Crippen molar-refractivity contribution in [3.8, 4) is 0 Å². The molecule has 6 heteroatoms. The van der Waals surface area contributed by atoms with Crippen LogP contribution in [0.2, 0.25) is 0 Å². The van der Waals surface area contributed by atoms with Gasteiger partial charge in [0.2, 0.25) is 0 Å². The summed E-state index contributed by atoms with van der Waals surface area (Å²) in [4.78, 5) is 0. The largest absolute Gasteiger partial charge is 0.107 e. The van der Waals surface area contributed by atoms with E-state index in [9.17, 15) is 0 Å². The summed E-state index contributed by atoms with van der Waals surface area (Å²) in [5, 5.41) is 1.57. The van der Waals surface area contributed by atoms with Crippen LogP contribution in [0.3, 0.4) is 0 Å². The molecule has 0 saturated carbocycles. The summed E-state index contributed by atoms with van der Waals surface area (Å²) >= 11 is 17.9.